The van der Waals surface area contributed by atoms with Gasteiger partial charge in [-0.3, -0.25) is 0 Å². The van der Waals surface area contributed by atoms with Gasteiger partial charge in [0.2, 0.25) is 0 Å². The van der Waals surface area contributed by atoms with Gasteiger partial charge in [0.05, 0.1) is 10.6 Å². The van der Waals surface area contributed by atoms with E-state index in [1.165, 1.54) is 11.3 Å². The fourth-order valence-corrected chi connectivity index (χ4v) is 3.67. The molecular formula is C17H10Cl2O2S2. The van der Waals surface area contributed by atoms with Crippen molar-refractivity contribution in [2.75, 3.05) is 0 Å². The van der Waals surface area contributed by atoms with E-state index in [4.69, 9.17) is 27.9 Å². The molecule has 0 fully saturated rings. The van der Waals surface area contributed by atoms with Gasteiger partial charge in [-0.2, -0.15) is 11.3 Å². The largest absolute Gasteiger partial charge is 0.421 e. The Balaban J connectivity index is 1.92. The minimum absolute atomic E-state index is 0.286. The van der Waals surface area contributed by atoms with E-state index in [2.05, 4.69) is 0 Å². The molecule has 23 heavy (non-hydrogen) atoms. The van der Waals surface area contributed by atoms with Gasteiger partial charge in [0.1, 0.15) is 5.75 Å². The predicted octanol–water partition coefficient (Wildman–Crippen LogP) is 6.26. The van der Waals surface area contributed by atoms with Gasteiger partial charge in [-0.05, 0) is 58.1 Å². The summed E-state index contributed by atoms with van der Waals surface area (Å²) in [6.07, 6.45) is 1.82. The summed E-state index contributed by atoms with van der Waals surface area (Å²) in [4.78, 5) is 13.6. The molecule has 0 bridgehead atoms. The summed E-state index contributed by atoms with van der Waals surface area (Å²) < 4.78 is 5.45. The second-order valence-electron chi connectivity index (χ2n) is 4.55. The molecule has 6 heteroatoms. The molecule has 0 saturated carbocycles. The van der Waals surface area contributed by atoms with Crippen LogP contribution in [0.15, 0.2) is 52.5 Å². The monoisotopic (exact) mass is 380 g/mol. The summed E-state index contributed by atoms with van der Waals surface area (Å²) in [6, 6.07) is 10.5. The van der Waals surface area contributed by atoms with Crippen LogP contribution in [0.25, 0.3) is 11.6 Å². The molecular weight excluding hydrogens is 371 g/mol. The highest BCUT2D eigenvalue weighted by Crippen LogP contribution is 2.30. The maximum atomic E-state index is 12.6. The Kier molecular flexibility index (Phi) is 5.18. The third kappa shape index (κ3) is 4.03. The van der Waals surface area contributed by atoms with E-state index in [0.717, 1.165) is 10.4 Å². The van der Waals surface area contributed by atoms with Crippen LogP contribution in [0.2, 0.25) is 10.0 Å². The first-order valence-electron chi connectivity index (χ1n) is 6.58. The lowest BCUT2D eigenvalue weighted by atomic mass is 10.1. The molecule has 3 rings (SSSR count). The number of benzene rings is 1. The first kappa shape index (κ1) is 16.3. The lowest BCUT2D eigenvalue weighted by Gasteiger charge is -2.08. The SMILES string of the molecule is O=C(Oc1ccc(Cl)cc1Cl)C(=Cc1cccs1)c1ccsc1. The Morgan fingerprint density at radius 3 is 2.65 bits per heavy atom. The Hall–Kier alpha value is -1.59. The van der Waals surface area contributed by atoms with Crippen LogP contribution in [0.3, 0.4) is 0 Å². The number of hydrogen-bond acceptors (Lipinski definition) is 4. The molecule has 0 N–H and O–H groups in total. The van der Waals surface area contributed by atoms with Crippen molar-refractivity contribution in [3.63, 3.8) is 0 Å². The van der Waals surface area contributed by atoms with Crippen LogP contribution in [0.1, 0.15) is 10.4 Å². The fraction of sp³-hybridized carbons (Fsp3) is 0. The maximum Gasteiger partial charge on any atom is 0.344 e. The third-order valence-corrected chi connectivity index (χ3v) is 5.01. The normalized spacial score (nSPS) is 11.5. The summed E-state index contributed by atoms with van der Waals surface area (Å²) in [6.45, 7) is 0. The van der Waals surface area contributed by atoms with E-state index in [-0.39, 0.29) is 5.75 Å². The highest BCUT2D eigenvalue weighted by molar-refractivity contribution is 7.11. The summed E-state index contributed by atoms with van der Waals surface area (Å²) in [5.41, 5.74) is 1.30. The smallest absolute Gasteiger partial charge is 0.344 e. The highest BCUT2D eigenvalue weighted by Gasteiger charge is 2.17. The third-order valence-electron chi connectivity index (χ3n) is 2.98. The Bertz CT molecular complexity index is 838. The quantitative estimate of drug-likeness (QED) is 0.303. The van der Waals surface area contributed by atoms with Crippen LogP contribution in [0, 0.1) is 0 Å². The molecule has 2 heterocycles. The van der Waals surface area contributed by atoms with Crippen molar-refractivity contribution in [1.82, 2.24) is 0 Å². The van der Waals surface area contributed by atoms with Crippen molar-refractivity contribution < 1.29 is 9.53 Å². The predicted molar refractivity (Wildman–Crippen MR) is 98.6 cm³/mol. The number of carbonyl (C=O) groups is 1. The Morgan fingerprint density at radius 2 is 2.00 bits per heavy atom. The first-order chi connectivity index (χ1) is 11.1. The number of hydrogen-bond donors (Lipinski definition) is 0. The number of ether oxygens (including phenoxy) is 1. The molecule has 0 atom stereocenters. The van der Waals surface area contributed by atoms with Gasteiger partial charge in [0.15, 0.2) is 0 Å². The zero-order valence-electron chi connectivity index (χ0n) is 11.7. The molecule has 0 amide bonds. The molecule has 0 radical (unpaired) electrons. The molecule has 0 saturated heterocycles. The lowest BCUT2D eigenvalue weighted by molar-refractivity contribution is -0.127. The van der Waals surface area contributed by atoms with Crippen molar-refractivity contribution in [3.05, 3.63) is 73.0 Å². The number of esters is 1. The zero-order valence-corrected chi connectivity index (χ0v) is 14.8. The minimum atomic E-state index is -0.457. The molecule has 0 aliphatic rings. The number of carbonyl (C=O) groups excluding carboxylic acids is 1. The molecule has 0 aliphatic heterocycles. The van der Waals surface area contributed by atoms with E-state index in [1.54, 1.807) is 29.5 Å². The average Bonchev–Trinajstić information content (AvgIpc) is 3.20. The molecule has 1 aromatic carbocycles. The van der Waals surface area contributed by atoms with Gasteiger partial charge in [-0.1, -0.05) is 29.3 Å². The number of thiophene rings is 2. The van der Waals surface area contributed by atoms with Crippen molar-refractivity contribution in [1.29, 1.82) is 0 Å². The van der Waals surface area contributed by atoms with E-state index in [0.29, 0.717) is 15.6 Å². The van der Waals surface area contributed by atoms with Gasteiger partial charge in [-0.25, -0.2) is 4.79 Å². The summed E-state index contributed by atoms with van der Waals surface area (Å²) >= 11 is 15.0. The topological polar surface area (TPSA) is 26.3 Å². The van der Waals surface area contributed by atoms with Gasteiger partial charge in [-0.15, -0.1) is 11.3 Å². The van der Waals surface area contributed by atoms with E-state index >= 15 is 0 Å². The van der Waals surface area contributed by atoms with Crippen LogP contribution >= 0.6 is 45.9 Å². The fourth-order valence-electron chi connectivity index (χ4n) is 1.91. The van der Waals surface area contributed by atoms with Gasteiger partial charge >= 0.3 is 5.97 Å². The Morgan fingerprint density at radius 1 is 1.13 bits per heavy atom. The van der Waals surface area contributed by atoms with Gasteiger partial charge < -0.3 is 4.74 Å². The molecule has 2 aromatic heterocycles. The molecule has 3 aromatic rings. The second-order valence-corrected chi connectivity index (χ2v) is 7.15. The van der Waals surface area contributed by atoms with Crippen molar-refractivity contribution in [2.45, 2.75) is 0 Å². The average molecular weight is 381 g/mol. The van der Waals surface area contributed by atoms with E-state index in [1.807, 2.05) is 40.4 Å². The van der Waals surface area contributed by atoms with Crippen molar-refractivity contribution in [2.24, 2.45) is 0 Å². The van der Waals surface area contributed by atoms with E-state index < -0.39 is 5.97 Å². The van der Waals surface area contributed by atoms with Crippen LogP contribution in [0.5, 0.6) is 5.75 Å². The molecule has 2 nitrogen and oxygen atoms in total. The van der Waals surface area contributed by atoms with Crippen LogP contribution in [0.4, 0.5) is 0 Å². The van der Waals surface area contributed by atoms with Crippen LogP contribution in [-0.2, 0) is 4.79 Å². The van der Waals surface area contributed by atoms with Crippen LogP contribution in [-0.4, -0.2) is 5.97 Å². The van der Waals surface area contributed by atoms with Gasteiger partial charge in [0.25, 0.3) is 0 Å². The van der Waals surface area contributed by atoms with E-state index in [9.17, 15) is 4.79 Å². The lowest BCUT2D eigenvalue weighted by Crippen LogP contribution is -2.10. The Labute approximate surface area is 151 Å². The van der Waals surface area contributed by atoms with Crippen molar-refractivity contribution in [3.8, 4) is 5.75 Å². The van der Waals surface area contributed by atoms with Crippen LogP contribution < -0.4 is 4.74 Å². The molecule has 116 valence electrons. The minimum Gasteiger partial charge on any atom is -0.421 e. The van der Waals surface area contributed by atoms with Gasteiger partial charge in [0, 0.05) is 9.90 Å². The molecule has 0 unspecified atom stereocenters. The summed E-state index contributed by atoms with van der Waals surface area (Å²) in [5.74, 6) is -0.172. The summed E-state index contributed by atoms with van der Waals surface area (Å²) in [7, 11) is 0. The second kappa shape index (κ2) is 7.32. The number of rotatable bonds is 4. The van der Waals surface area contributed by atoms with Crippen molar-refractivity contribution >= 4 is 63.5 Å². The maximum absolute atomic E-state index is 12.6. The molecule has 0 spiro atoms. The zero-order chi connectivity index (χ0) is 16.2. The summed E-state index contributed by atoms with van der Waals surface area (Å²) in [5, 5.41) is 6.57. The number of halogens is 2. The standard InChI is InChI=1S/C17H10Cl2O2S2/c18-12-3-4-16(15(19)8-12)21-17(20)14(11-5-7-22-10-11)9-13-2-1-6-23-13/h1-10H. The first-order valence-corrected chi connectivity index (χ1v) is 9.16. The highest BCUT2D eigenvalue weighted by atomic mass is 35.5. The molecule has 0 aliphatic carbocycles.